The zero-order chi connectivity index (χ0) is 13.0. The largest absolute Gasteiger partial charge is 0.303 e. The summed E-state index contributed by atoms with van der Waals surface area (Å²) in [6.07, 6.45) is 0.712. The molecule has 1 fully saturated rings. The van der Waals surface area contributed by atoms with E-state index in [-0.39, 0.29) is 11.2 Å². The molecule has 18 heavy (non-hydrogen) atoms. The molecule has 1 atom stereocenters. The summed E-state index contributed by atoms with van der Waals surface area (Å²) in [6, 6.07) is 9.97. The highest BCUT2D eigenvalue weighted by Crippen LogP contribution is 2.22. The summed E-state index contributed by atoms with van der Waals surface area (Å²) in [5.74, 6) is 0.00567. The van der Waals surface area contributed by atoms with E-state index >= 15 is 0 Å². The van der Waals surface area contributed by atoms with E-state index in [2.05, 4.69) is 22.4 Å². The molecule has 1 aromatic rings. The number of rotatable bonds is 4. The van der Waals surface area contributed by atoms with Gasteiger partial charge in [0.2, 0.25) is 5.91 Å². The van der Waals surface area contributed by atoms with E-state index in [1.807, 2.05) is 37.3 Å². The fraction of sp³-hybridized carbons (Fsp3) is 0.231. The number of carbonyl (C=O) groups is 1. The predicted octanol–water partition coefficient (Wildman–Crippen LogP) is 1.85. The number of benzene rings is 1. The van der Waals surface area contributed by atoms with Crippen LogP contribution in [0.25, 0.3) is 0 Å². The summed E-state index contributed by atoms with van der Waals surface area (Å²) in [4.78, 5) is 11.8. The SMILES string of the molecule is C=C(C)N/N=C1\NC(=O)[C@@H](Cc2ccccc2)S1. The van der Waals surface area contributed by atoms with Crippen LogP contribution in [-0.4, -0.2) is 16.3 Å². The third-order valence-electron chi connectivity index (χ3n) is 2.39. The van der Waals surface area contributed by atoms with E-state index in [4.69, 9.17) is 0 Å². The second-order valence-electron chi connectivity index (χ2n) is 4.09. The van der Waals surface area contributed by atoms with Crippen molar-refractivity contribution in [1.82, 2.24) is 10.7 Å². The van der Waals surface area contributed by atoms with Gasteiger partial charge in [0.1, 0.15) is 0 Å². The van der Waals surface area contributed by atoms with Gasteiger partial charge < -0.3 is 5.32 Å². The van der Waals surface area contributed by atoms with Gasteiger partial charge in [-0.3, -0.25) is 10.2 Å². The fourth-order valence-corrected chi connectivity index (χ4v) is 2.54. The number of amides is 1. The number of nitrogens with zero attached hydrogens (tertiary/aromatic N) is 1. The number of hydrazone groups is 1. The van der Waals surface area contributed by atoms with E-state index in [1.165, 1.54) is 11.8 Å². The number of allylic oxidation sites excluding steroid dienone is 1. The van der Waals surface area contributed by atoms with E-state index in [0.717, 1.165) is 11.3 Å². The molecule has 1 aliphatic heterocycles. The van der Waals surface area contributed by atoms with Gasteiger partial charge in [-0.1, -0.05) is 48.7 Å². The van der Waals surface area contributed by atoms with Gasteiger partial charge in [0.15, 0.2) is 5.17 Å². The normalized spacial score (nSPS) is 20.8. The van der Waals surface area contributed by atoms with E-state index in [9.17, 15) is 4.79 Å². The molecule has 0 bridgehead atoms. The van der Waals surface area contributed by atoms with Crippen molar-refractivity contribution in [2.75, 3.05) is 0 Å². The molecule has 0 unspecified atom stereocenters. The van der Waals surface area contributed by atoms with Gasteiger partial charge in [0.05, 0.1) is 5.25 Å². The third kappa shape index (κ3) is 3.37. The average Bonchev–Trinajstić information content (AvgIpc) is 2.69. The molecule has 1 heterocycles. The van der Waals surface area contributed by atoms with Crippen molar-refractivity contribution in [3.63, 3.8) is 0 Å². The van der Waals surface area contributed by atoms with Gasteiger partial charge in [0, 0.05) is 5.70 Å². The Bertz CT molecular complexity index is 484. The van der Waals surface area contributed by atoms with Crippen molar-refractivity contribution in [3.05, 3.63) is 48.2 Å². The van der Waals surface area contributed by atoms with Crippen LogP contribution in [0.3, 0.4) is 0 Å². The van der Waals surface area contributed by atoms with Gasteiger partial charge in [-0.25, -0.2) is 0 Å². The predicted molar refractivity (Wildman–Crippen MR) is 75.1 cm³/mol. The fourth-order valence-electron chi connectivity index (χ4n) is 1.57. The third-order valence-corrected chi connectivity index (χ3v) is 3.47. The van der Waals surface area contributed by atoms with Gasteiger partial charge >= 0.3 is 0 Å². The lowest BCUT2D eigenvalue weighted by Gasteiger charge is -2.04. The highest BCUT2D eigenvalue weighted by atomic mass is 32.2. The first-order valence-electron chi connectivity index (χ1n) is 5.66. The summed E-state index contributed by atoms with van der Waals surface area (Å²) in [5.41, 5.74) is 4.64. The lowest BCUT2D eigenvalue weighted by atomic mass is 10.1. The molecule has 2 N–H and O–H groups in total. The minimum Gasteiger partial charge on any atom is -0.303 e. The molecule has 5 heteroatoms. The van der Waals surface area contributed by atoms with Crippen LogP contribution in [0, 0.1) is 0 Å². The summed E-state index contributed by atoms with van der Waals surface area (Å²) < 4.78 is 0. The number of nitrogens with one attached hydrogen (secondary N) is 2. The molecule has 0 aromatic heterocycles. The molecular weight excluding hydrogens is 246 g/mol. The molecule has 1 aromatic carbocycles. The van der Waals surface area contributed by atoms with E-state index in [1.54, 1.807) is 0 Å². The lowest BCUT2D eigenvalue weighted by Crippen LogP contribution is -2.26. The first kappa shape index (κ1) is 12.7. The summed E-state index contributed by atoms with van der Waals surface area (Å²) in [7, 11) is 0. The quantitative estimate of drug-likeness (QED) is 0.813. The molecule has 0 spiro atoms. The topological polar surface area (TPSA) is 53.5 Å². The van der Waals surface area contributed by atoms with Crippen LogP contribution in [0.15, 0.2) is 47.7 Å². The minimum atomic E-state index is -0.113. The van der Waals surface area contributed by atoms with Crippen LogP contribution in [0.1, 0.15) is 12.5 Å². The molecular formula is C13H15N3OS. The number of amidine groups is 1. The van der Waals surface area contributed by atoms with E-state index in [0.29, 0.717) is 11.6 Å². The minimum absolute atomic E-state index is 0.00567. The highest BCUT2D eigenvalue weighted by Gasteiger charge is 2.30. The molecule has 1 aliphatic rings. The molecule has 1 amide bonds. The van der Waals surface area contributed by atoms with E-state index < -0.39 is 0 Å². The Labute approximate surface area is 111 Å². The van der Waals surface area contributed by atoms with Crippen LogP contribution >= 0.6 is 11.8 Å². The summed E-state index contributed by atoms with van der Waals surface area (Å²) in [6.45, 7) is 5.49. The molecule has 0 aliphatic carbocycles. The molecule has 0 saturated carbocycles. The van der Waals surface area contributed by atoms with Crippen LogP contribution in [0.5, 0.6) is 0 Å². The second-order valence-corrected chi connectivity index (χ2v) is 5.29. The second kappa shape index (κ2) is 5.73. The Kier molecular flexibility index (Phi) is 4.04. The molecule has 2 rings (SSSR count). The first-order chi connectivity index (χ1) is 8.65. The molecule has 0 radical (unpaired) electrons. The lowest BCUT2D eigenvalue weighted by molar-refractivity contribution is -0.118. The number of carbonyl (C=O) groups excluding carboxylic acids is 1. The van der Waals surface area contributed by atoms with Gasteiger partial charge in [-0.05, 0) is 18.9 Å². The maximum atomic E-state index is 11.8. The van der Waals surface area contributed by atoms with Crippen molar-refractivity contribution in [2.24, 2.45) is 5.10 Å². The molecule has 4 nitrogen and oxygen atoms in total. The number of hydrogen-bond acceptors (Lipinski definition) is 4. The van der Waals surface area contributed by atoms with Crippen molar-refractivity contribution < 1.29 is 4.79 Å². The molecule has 1 saturated heterocycles. The van der Waals surface area contributed by atoms with Crippen LogP contribution in [0.2, 0.25) is 0 Å². The van der Waals surface area contributed by atoms with Gasteiger partial charge in [-0.2, -0.15) is 5.10 Å². The highest BCUT2D eigenvalue weighted by molar-refractivity contribution is 8.15. The zero-order valence-electron chi connectivity index (χ0n) is 10.1. The first-order valence-corrected chi connectivity index (χ1v) is 6.54. The molecule has 94 valence electrons. The Morgan fingerprint density at radius 3 is 2.89 bits per heavy atom. The monoisotopic (exact) mass is 261 g/mol. The Balaban J connectivity index is 1.97. The van der Waals surface area contributed by atoms with Crippen LogP contribution in [-0.2, 0) is 11.2 Å². The summed E-state index contributed by atoms with van der Waals surface area (Å²) >= 11 is 1.44. The van der Waals surface area contributed by atoms with Crippen molar-refractivity contribution in [2.45, 2.75) is 18.6 Å². The van der Waals surface area contributed by atoms with Gasteiger partial charge in [-0.15, -0.1) is 0 Å². The van der Waals surface area contributed by atoms with Crippen molar-refractivity contribution >= 4 is 22.8 Å². The summed E-state index contributed by atoms with van der Waals surface area (Å²) in [5, 5.41) is 7.30. The van der Waals surface area contributed by atoms with Crippen molar-refractivity contribution in [3.8, 4) is 0 Å². The average molecular weight is 261 g/mol. The zero-order valence-corrected chi connectivity index (χ0v) is 11.0. The maximum absolute atomic E-state index is 11.8. The number of hydrogen-bond donors (Lipinski definition) is 2. The Morgan fingerprint density at radius 2 is 2.22 bits per heavy atom. The van der Waals surface area contributed by atoms with Crippen LogP contribution in [0.4, 0.5) is 0 Å². The standard InChI is InChI=1S/C13H15N3OS/c1-9(2)15-16-13-14-12(17)11(18-13)8-10-6-4-3-5-7-10/h3-7,11,15H,1,8H2,2H3,(H,14,16,17)/t11-/m1/s1. The maximum Gasteiger partial charge on any atom is 0.239 e. The van der Waals surface area contributed by atoms with Gasteiger partial charge in [0.25, 0.3) is 0 Å². The number of thioether (sulfide) groups is 1. The Morgan fingerprint density at radius 1 is 1.50 bits per heavy atom. The van der Waals surface area contributed by atoms with Crippen molar-refractivity contribution in [1.29, 1.82) is 0 Å². The Hall–Kier alpha value is -1.75. The smallest absolute Gasteiger partial charge is 0.239 e. The van der Waals surface area contributed by atoms with Crippen LogP contribution < -0.4 is 10.7 Å².